The van der Waals surface area contributed by atoms with Gasteiger partial charge in [-0.25, -0.2) is 4.79 Å². The van der Waals surface area contributed by atoms with Gasteiger partial charge in [0.05, 0.1) is 22.6 Å². The minimum absolute atomic E-state index is 0.103. The topological polar surface area (TPSA) is 142 Å². The number of rotatable bonds is 10. The maximum atomic E-state index is 13.9. The first-order valence-corrected chi connectivity index (χ1v) is 14.8. The average molecular weight is 599 g/mol. The predicted molar refractivity (Wildman–Crippen MR) is 171 cm³/mol. The Bertz CT molecular complexity index is 1550. The molecule has 3 aromatic carbocycles. The van der Waals surface area contributed by atoms with Crippen molar-refractivity contribution in [3.05, 3.63) is 90.0 Å². The predicted octanol–water partition coefficient (Wildman–Crippen LogP) is 5.82. The quantitative estimate of drug-likeness (QED) is 0.172. The van der Waals surface area contributed by atoms with E-state index < -0.39 is 46.1 Å². The van der Waals surface area contributed by atoms with Gasteiger partial charge in [0, 0.05) is 11.6 Å². The van der Waals surface area contributed by atoms with Gasteiger partial charge < -0.3 is 21.5 Å². The average Bonchev–Trinajstić information content (AvgIpc) is 3.21. The van der Waals surface area contributed by atoms with E-state index in [0.717, 1.165) is 11.1 Å². The third-order valence-corrected chi connectivity index (χ3v) is 9.23. The van der Waals surface area contributed by atoms with E-state index in [1.807, 2.05) is 58.0 Å². The van der Waals surface area contributed by atoms with Crippen LogP contribution in [0.4, 0.5) is 16.2 Å². The second-order valence-electron chi connectivity index (χ2n) is 12.8. The van der Waals surface area contributed by atoms with Crippen molar-refractivity contribution < 1.29 is 24.3 Å². The lowest BCUT2D eigenvalue weighted by molar-refractivity contribution is -0.139. The van der Waals surface area contributed by atoms with Crippen LogP contribution in [-0.4, -0.2) is 28.9 Å². The molecule has 1 heterocycles. The monoisotopic (exact) mass is 598 g/mol. The highest BCUT2D eigenvalue weighted by atomic mass is 16.3. The summed E-state index contributed by atoms with van der Waals surface area (Å²) in [6, 6.07) is 22.3. The molecule has 4 unspecified atom stereocenters. The van der Waals surface area contributed by atoms with Crippen molar-refractivity contribution in [3.63, 3.8) is 0 Å². The normalized spacial score (nSPS) is 19.6. The van der Waals surface area contributed by atoms with Crippen LogP contribution in [-0.2, 0) is 25.3 Å². The molecule has 4 rings (SSSR count). The standard InChI is InChI=1S/C35H42N4O5/c1-7-34(5,21-35(6,31(36)43)28-22(2)29(41)39(30(28)42)26-14-9-8-10-15-26)24-13-11-12-23(20-24)33(3,4)38-32(44)37-25-16-18-27(40)19-17-25/h8-20,22,28,40H,7,21H2,1-6H3,(H2,36,43)(H2,37,38,44). The number of primary amides is 1. The molecular weight excluding hydrogens is 556 g/mol. The summed E-state index contributed by atoms with van der Waals surface area (Å²) in [6.07, 6.45) is 0.862. The van der Waals surface area contributed by atoms with Crippen molar-refractivity contribution in [2.45, 2.75) is 65.3 Å². The Morgan fingerprint density at radius 2 is 1.50 bits per heavy atom. The summed E-state index contributed by atoms with van der Waals surface area (Å²) in [4.78, 5) is 54.5. The van der Waals surface area contributed by atoms with Crippen molar-refractivity contribution in [1.82, 2.24) is 5.32 Å². The number of phenols is 1. The molecule has 1 aliphatic heterocycles. The highest BCUT2D eigenvalue weighted by Crippen LogP contribution is 2.49. The van der Waals surface area contributed by atoms with Gasteiger partial charge in [0.1, 0.15) is 5.75 Å². The third kappa shape index (κ3) is 6.18. The molecular formula is C35H42N4O5. The summed E-state index contributed by atoms with van der Waals surface area (Å²) in [6.45, 7) is 11.2. The fraction of sp³-hybridized carbons (Fsp3) is 0.371. The van der Waals surface area contributed by atoms with E-state index in [1.165, 1.54) is 17.0 Å². The van der Waals surface area contributed by atoms with E-state index in [4.69, 9.17) is 5.73 Å². The van der Waals surface area contributed by atoms with Crippen LogP contribution < -0.4 is 21.3 Å². The summed E-state index contributed by atoms with van der Waals surface area (Å²) >= 11 is 0. The Hall–Kier alpha value is -4.66. The number of nitrogens with two attached hydrogens (primary N) is 1. The van der Waals surface area contributed by atoms with Crippen molar-refractivity contribution in [2.24, 2.45) is 23.0 Å². The molecule has 0 aromatic heterocycles. The van der Waals surface area contributed by atoms with E-state index in [-0.39, 0.29) is 18.1 Å². The maximum Gasteiger partial charge on any atom is 0.319 e. The third-order valence-electron chi connectivity index (χ3n) is 9.23. The highest BCUT2D eigenvalue weighted by Gasteiger charge is 2.58. The van der Waals surface area contributed by atoms with Gasteiger partial charge in [-0.15, -0.1) is 0 Å². The molecule has 5 N–H and O–H groups in total. The Labute approximate surface area is 258 Å². The van der Waals surface area contributed by atoms with Gasteiger partial charge in [0.15, 0.2) is 0 Å². The number of imide groups is 1. The van der Waals surface area contributed by atoms with E-state index in [2.05, 4.69) is 10.6 Å². The van der Waals surface area contributed by atoms with Gasteiger partial charge in [0.2, 0.25) is 17.7 Å². The van der Waals surface area contributed by atoms with E-state index in [9.17, 15) is 24.3 Å². The van der Waals surface area contributed by atoms with Crippen molar-refractivity contribution in [3.8, 4) is 5.75 Å². The van der Waals surface area contributed by atoms with Crippen LogP contribution in [0.5, 0.6) is 5.75 Å². The summed E-state index contributed by atoms with van der Waals surface area (Å²) < 4.78 is 0. The molecule has 0 spiro atoms. The van der Waals surface area contributed by atoms with Crippen LogP contribution in [0.2, 0.25) is 0 Å². The zero-order chi connectivity index (χ0) is 32.4. The van der Waals surface area contributed by atoms with Crippen molar-refractivity contribution in [1.29, 1.82) is 0 Å². The molecule has 1 aliphatic rings. The first-order chi connectivity index (χ1) is 20.6. The molecule has 0 bridgehead atoms. The molecule has 4 atom stereocenters. The van der Waals surface area contributed by atoms with E-state index in [0.29, 0.717) is 17.8 Å². The first kappa shape index (κ1) is 32.3. The number of nitrogens with zero attached hydrogens (tertiary/aromatic N) is 1. The van der Waals surface area contributed by atoms with Gasteiger partial charge in [-0.1, -0.05) is 63.2 Å². The van der Waals surface area contributed by atoms with Gasteiger partial charge in [-0.05, 0) is 86.6 Å². The Morgan fingerprint density at radius 1 is 0.886 bits per heavy atom. The number of anilines is 2. The molecule has 9 nitrogen and oxygen atoms in total. The molecule has 9 heteroatoms. The summed E-state index contributed by atoms with van der Waals surface area (Å²) in [5.41, 5.74) is 6.14. The zero-order valence-corrected chi connectivity index (χ0v) is 26.2. The van der Waals surface area contributed by atoms with Gasteiger partial charge in [-0.2, -0.15) is 0 Å². The number of nitrogens with one attached hydrogen (secondary N) is 2. The van der Waals surface area contributed by atoms with Crippen LogP contribution in [0.3, 0.4) is 0 Å². The maximum absolute atomic E-state index is 13.9. The summed E-state index contributed by atoms with van der Waals surface area (Å²) in [7, 11) is 0. The Kier molecular flexibility index (Phi) is 8.91. The number of phenolic OH excluding ortho intramolecular Hbond substituents is 1. The van der Waals surface area contributed by atoms with Crippen LogP contribution in [0.1, 0.15) is 65.5 Å². The molecule has 1 saturated heterocycles. The number of para-hydroxylation sites is 1. The minimum Gasteiger partial charge on any atom is -0.508 e. The second kappa shape index (κ2) is 12.1. The Morgan fingerprint density at radius 3 is 2.09 bits per heavy atom. The lowest BCUT2D eigenvalue weighted by atomic mass is 9.60. The molecule has 0 aliphatic carbocycles. The van der Waals surface area contributed by atoms with Gasteiger partial charge >= 0.3 is 6.03 Å². The van der Waals surface area contributed by atoms with Gasteiger partial charge in [0.25, 0.3) is 0 Å². The number of benzene rings is 3. The molecule has 3 aromatic rings. The molecule has 232 valence electrons. The fourth-order valence-corrected chi connectivity index (χ4v) is 6.40. The van der Waals surface area contributed by atoms with Crippen LogP contribution in [0, 0.1) is 17.3 Å². The van der Waals surface area contributed by atoms with Gasteiger partial charge in [-0.3, -0.25) is 19.3 Å². The Balaban J connectivity index is 1.62. The number of hydrogen-bond acceptors (Lipinski definition) is 5. The number of hydrogen-bond donors (Lipinski definition) is 4. The second-order valence-corrected chi connectivity index (χ2v) is 12.8. The summed E-state index contributed by atoms with van der Waals surface area (Å²) in [5.74, 6) is -2.96. The lowest BCUT2D eigenvalue weighted by Gasteiger charge is -2.41. The molecule has 1 fully saturated rings. The molecule has 44 heavy (non-hydrogen) atoms. The number of carbonyl (C=O) groups excluding carboxylic acids is 4. The zero-order valence-electron chi connectivity index (χ0n) is 26.2. The largest absolute Gasteiger partial charge is 0.508 e. The van der Waals surface area contributed by atoms with Crippen molar-refractivity contribution in [2.75, 3.05) is 10.2 Å². The van der Waals surface area contributed by atoms with Crippen LogP contribution in [0.25, 0.3) is 0 Å². The van der Waals surface area contributed by atoms with Crippen LogP contribution in [0.15, 0.2) is 78.9 Å². The molecule has 5 amide bonds. The molecule has 0 saturated carbocycles. The van der Waals surface area contributed by atoms with Crippen molar-refractivity contribution >= 4 is 35.1 Å². The minimum atomic E-state index is -1.33. The molecule has 0 radical (unpaired) electrons. The first-order valence-electron chi connectivity index (χ1n) is 14.8. The fourth-order valence-electron chi connectivity index (χ4n) is 6.40. The number of urea groups is 1. The smallest absolute Gasteiger partial charge is 0.319 e. The SMILES string of the molecule is CCC(C)(CC(C)(C(N)=O)C1C(=O)N(c2ccccc2)C(=O)C1C)c1cccc(C(C)(C)NC(=O)Nc2ccc(O)cc2)c1. The number of amides is 5. The number of aromatic hydroxyl groups is 1. The lowest BCUT2D eigenvalue weighted by Crippen LogP contribution is -2.49. The van der Waals surface area contributed by atoms with E-state index in [1.54, 1.807) is 50.2 Å². The highest BCUT2D eigenvalue weighted by molar-refractivity contribution is 6.23. The number of carbonyl (C=O) groups is 4. The van der Waals surface area contributed by atoms with E-state index >= 15 is 0 Å². The summed E-state index contributed by atoms with van der Waals surface area (Å²) in [5, 5.41) is 15.3. The van der Waals surface area contributed by atoms with Crippen LogP contribution >= 0.6 is 0 Å².